The minimum Gasteiger partial charge on any atom is -0.464 e. The van der Waals surface area contributed by atoms with Crippen molar-refractivity contribution >= 4 is 16.5 Å². The first-order valence-corrected chi connectivity index (χ1v) is 6.51. The molecule has 1 aromatic heterocycles. The van der Waals surface area contributed by atoms with Gasteiger partial charge in [0.15, 0.2) is 0 Å². The van der Waals surface area contributed by atoms with Gasteiger partial charge in [0.25, 0.3) is 0 Å². The summed E-state index contributed by atoms with van der Waals surface area (Å²) in [5.41, 5.74) is 6.34. The number of fused-ring (bicyclic) bond motifs is 1. The molecule has 0 unspecified atom stereocenters. The van der Waals surface area contributed by atoms with E-state index < -0.39 is 0 Å². The third-order valence-corrected chi connectivity index (χ3v) is 3.95. The van der Waals surface area contributed by atoms with Gasteiger partial charge in [-0.1, -0.05) is 6.08 Å². The molecule has 2 heterocycles. The average molecular weight is 241 g/mol. The Balaban J connectivity index is 2.10. The van der Waals surface area contributed by atoms with Crippen molar-refractivity contribution in [2.75, 3.05) is 20.1 Å². The Kier molecular flexibility index (Phi) is 2.75. The predicted octanol–water partition coefficient (Wildman–Crippen LogP) is 3.77. The molecule has 0 N–H and O–H groups in total. The molecule has 1 aromatic carbocycles. The van der Waals surface area contributed by atoms with Crippen LogP contribution >= 0.6 is 0 Å². The molecule has 2 nitrogen and oxygen atoms in total. The first-order valence-electron chi connectivity index (χ1n) is 6.51. The number of hydrogen-bond acceptors (Lipinski definition) is 2. The molecule has 3 rings (SSSR count). The molecule has 2 heteroatoms. The molecule has 0 bridgehead atoms. The molecule has 0 fully saturated rings. The first-order chi connectivity index (χ1) is 8.65. The fourth-order valence-electron chi connectivity index (χ4n) is 2.55. The summed E-state index contributed by atoms with van der Waals surface area (Å²) < 4.78 is 5.71. The molecule has 0 radical (unpaired) electrons. The lowest BCUT2D eigenvalue weighted by molar-refractivity contribution is 0.370. The molecule has 18 heavy (non-hydrogen) atoms. The number of nitrogens with zero attached hydrogens (tertiary/aromatic N) is 1. The van der Waals surface area contributed by atoms with Crippen LogP contribution in [0.3, 0.4) is 0 Å². The lowest BCUT2D eigenvalue weighted by Crippen LogP contribution is -2.23. The van der Waals surface area contributed by atoms with E-state index in [1.807, 2.05) is 6.26 Å². The average Bonchev–Trinajstić information content (AvgIpc) is 2.74. The van der Waals surface area contributed by atoms with Gasteiger partial charge in [0, 0.05) is 24.0 Å². The van der Waals surface area contributed by atoms with E-state index in [9.17, 15) is 0 Å². The number of aryl methyl sites for hydroxylation is 2. The van der Waals surface area contributed by atoms with E-state index >= 15 is 0 Å². The Morgan fingerprint density at radius 2 is 1.94 bits per heavy atom. The molecular weight excluding hydrogens is 222 g/mol. The summed E-state index contributed by atoms with van der Waals surface area (Å²) in [4.78, 5) is 2.33. The molecule has 0 atom stereocenters. The van der Waals surface area contributed by atoms with E-state index in [-0.39, 0.29) is 0 Å². The van der Waals surface area contributed by atoms with Crippen LogP contribution in [0.1, 0.15) is 23.1 Å². The summed E-state index contributed by atoms with van der Waals surface area (Å²) in [7, 11) is 2.16. The Morgan fingerprint density at radius 1 is 1.17 bits per heavy atom. The SMILES string of the molecule is Cc1cc2occ(C3=CCN(C)CC3)c2cc1C. The number of rotatable bonds is 1. The first kappa shape index (κ1) is 11.5. The number of furan rings is 1. The van der Waals surface area contributed by atoms with Gasteiger partial charge in [-0.15, -0.1) is 0 Å². The van der Waals surface area contributed by atoms with Gasteiger partial charge in [-0.05, 0) is 56.1 Å². The third kappa shape index (κ3) is 1.87. The van der Waals surface area contributed by atoms with Crippen LogP contribution in [-0.4, -0.2) is 25.0 Å². The van der Waals surface area contributed by atoms with Crippen molar-refractivity contribution in [1.29, 1.82) is 0 Å². The molecular formula is C16H19NO. The minimum atomic E-state index is 1.01. The zero-order valence-corrected chi connectivity index (χ0v) is 11.3. The maximum atomic E-state index is 5.71. The van der Waals surface area contributed by atoms with Gasteiger partial charge in [-0.3, -0.25) is 0 Å². The largest absolute Gasteiger partial charge is 0.464 e. The van der Waals surface area contributed by atoms with Crippen LogP contribution < -0.4 is 0 Å². The monoisotopic (exact) mass is 241 g/mol. The highest BCUT2D eigenvalue weighted by Crippen LogP contribution is 2.32. The van der Waals surface area contributed by atoms with Gasteiger partial charge in [-0.2, -0.15) is 0 Å². The topological polar surface area (TPSA) is 16.4 Å². The molecule has 0 amide bonds. The number of likely N-dealkylation sites (N-methyl/N-ethyl adjacent to an activating group) is 1. The lowest BCUT2D eigenvalue weighted by atomic mass is 9.97. The van der Waals surface area contributed by atoms with E-state index in [0.717, 1.165) is 25.1 Å². The smallest absolute Gasteiger partial charge is 0.134 e. The Labute approximate surface area is 108 Å². The van der Waals surface area contributed by atoms with E-state index in [0.29, 0.717) is 0 Å². The normalized spacial score (nSPS) is 17.2. The van der Waals surface area contributed by atoms with Gasteiger partial charge < -0.3 is 9.32 Å². The van der Waals surface area contributed by atoms with Crippen LogP contribution in [0.25, 0.3) is 16.5 Å². The second-order valence-corrected chi connectivity index (χ2v) is 5.32. The molecule has 0 spiro atoms. The summed E-state index contributed by atoms with van der Waals surface area (Å²) >= 11 is 0. The van der Waals surface area contributed by atoms with Crippen molar-refractivity contribution in [2.24, 2.45) is 0 Å². The fraction of sp³-hybridized carbons (Fsp3) is 0.375. The van der Waals surface area contributed by atoms with E-state index in [1.165, 1.54) is 27.6 Å². The predicted molar refractivity (Wildman–Crippen MR) is 75.8 cm³/mol. The van der Waals surface area contributed by atoms with E-state index in [2.05, 4.69) is 44.0 Å². The van der Waals surface area contributed by atoms with Crippen molar-refractivity contribution in [3.05, 3.63) is 41.2 Å². The highest BCUT2D eigenvalue weighted by atomic mass is 16.3. The van der Waals surface area contributed by atoms with Crippen LogP contribution in [0.2, 0.25) is 0 Å². The Hall–Kier alpha value is -1.54. The lowest BCUT2D eigenvalue weighted by Gasteiger charge is -2.21. The zero-order chi connectivity index (χ0) is 12.7. The van der Waals surface area contributed by atoms with Crippen molar-refractivity contribution in [3.8, 4) is 0 Å². The standard InChI is InChI=1S/C16H19NO/c1-11-8-14-15(10-18-16(14)9-12(11)2)13-4-6-17(3)7-5-13/h4,8-10H,5-7H2,1-3H3. The molecule has 94 valence electrons. The summed E-state index contributed by atoms with van der Waals surface area (Å²) in [5.74, 6) is 0. The van der Waals surface area contributed by atoms with E-state index in [1.54, 1.807) is 0 Å². The third-order valence-electron chi connectivity index (χ3n) is 3.95. The van der Waals surface area contributed by atoms with Gasteiger partial charge in [0.2, 0.25) is 0 Å². The highest BCUT2D eigenvalue weighted by Gasteiger charge is 2.15. The number of benzene rings is 1. The van der Waals surface area contributed by atoms with Crippen LogP contribution in [-0.2, 0) is 0 Å². The molecule has 1 aliphatic heterocycles. The van der Waals surface area contributed by atoms with Gasteiger partial charge in [-0.25, -0.2) is 0 Å². The van der Waals surface area contributed by atoms with Crippen molar-refractivity contribution < 1.29 is 4.42 Å². The van der Waals surface area contributed by atoms with Crippen molar-refractivity contribution in [3.63, 3.8) is 0 Å². The Morgan fingerprint density at radius 3 is 2.67 bits per heavy atom. The maximum Gasteiger partial charge on any atom is 0.134 e. The van der Waals surface area contributed by atoms with Gasteiger partial charge >= 0.3 is 0 Å². The minimum absolute atomic E-state index is 1.01. The summed E-state index contributed by atoms with van der Waals surface area (Å²) in [6.07, 6.45) is 5.35. The van der Waals surface area contributed by atoms with Crippen LogP contribution in [0, 0.1) is 13.8 Å². The van der Waals surface area contributed by atoms with Crippen LogP contribution in [0.5, 0.6) is 0 Å². The van der Waals surface area contributed by atoms with Crippen LogP contribution in [0.4, 0.5) is 0 Å². The number of hydrogen-bond donors (Lipinski definition) is 0. The summed E-state index contributed by atoms with van der Waals surface area (Å²) in [6.45, 7) is 6.45. The zero-order valence-electron chi connectivity index (χ0n) is 11.3. The van der Waals surface area contributed by atoms with Gasteiger partial charge in [0.05, 0.1) is 6.26 Å². The molecule has 0 saturated carbocycles. The van der Waals surface area contributed by atoms with Crippen molar-refractivity contribution in [2.45, 2.75) is 20.3 Å². The van der Waals surface area contributed by atoms with Crippen molar-refractivity contribution in [1.82, 2.24) is 4.90 Å². The summed E-state index contributed by atoms with van der Waals surface area (Å²) in [6, 6.07) is 4.40. The van der Waals surface area contributed by atoms with Gasteiger partial charge in [0.1, 0.15) is 5.58 Å². The molecule has 2 aromatic rings. The molecule has 0 aliphatic carbocycles. The summed E-state index contributed by atoms with van der Waals surface area (Å²) in [5, 5.41) is 1.26. The van der Waals surface area contributed by atoms with E-state index in [4.69, 9.17) is 4.42 Å². The van der Waals surface area contributed by atoms with Crippen LogP contribution in [0.15, 0.2) is 28.9 Å². The molecule has 1 aliphatic rings. The molecule has 0 saturated heterocycles. The Bertz CT molecular complexity index is 621. The maximum absolute atomic E-state index is 5.71. The fourth-order valence-corrected chi connectivity index (χ4v) is 2.55. The highest BCUT2D eigenvalue weighted by molar-refractivity contribution is 5.92. The quantitative estimate of drug-likeness (QED) is 0.755. The second-order valence-electron chi connectivity index (χ2n) is 5.32. The second kappa shape index (κ2) is 4.29.